The second-order valence-electron chi connectivity index (χ2n) is 8.01. The fourth-order valence-corrected chi connectivity index (χ4v) is 5.30. The number of fused-ring (bicyclic) bond motifs is 1. The Hall–Kier alpha value is -3.59. The van der Waals surface area contributed by atoms with Gasteiger partial charge in [0.25, 0.3) is 10.0 Å². The lowest BCUT2D eigenvalue weighted by Gasteiger charge is -2.08. The van der Waals surface area contributed by atoms with Gasteiger partial charge in [-0.15, -0.1) is 0 Å². The average molecular weight is 481 g/mol. The summed E-state index contributed by atoms with van der Waals surface area (Å²) in [6, 6.07) is 13.8. The summed E-state index contributed by atoms with van der Waals surface area (Å²) in [6.07, 6.45) is 9.51. The molecular formula is C25H28N4O4S. The minimum Gasteiger partial charge on any atom is -0.497 e. The van der Waals surface area contributed by atoms with Gasteiger partial charge >= 0.3 is 0 Å². The van der Waals surface area contributed by atoms with E-state index in [4.69, 9.17) is 4.74 Å². The molecule has 0 aliphatic carbocycles. The number of hydrogen-bond donors (Lipinski definition) is 1. The number of aromatic nitrogens is 3. The number of hydrogen-bond acceptors (Lipinski definition) is 5. The van der Waals surface area contributed by atoms with Crippen LogP contribution in [-0.2, 0) is 27.8 Å². The lowest BCUT2D eigenvalue weighted by atomic mass is 10.1. The van der Waals surface area contributed by atoms with Crippen molar-refractivity contribution in [1.29, 1.82) is 0 Å². The van der Waals surface area contributed by atoms with Crippen molar-refractivity contribution in [2.45, 2.75) is 37.1 Å². The third-order valence-electron chi connectivity index (χ3n) is 5.70. The molecule has 0 fully saturated rings. The summed E-state index contributed by atoms with van der Waals surface area (Å²) in [6.45, 7) is 1.42. The zero-order valence-electron chi connectivity index (χ0n) is 19.1. The van der Waals surface area contributed by atoms with E-state index < -0.39 is 10.0 Å². The van der Waals surface area contributed by atoms with Crippen molar-refractivity contribution in [3.63, 3.8) is 0 Å². The number of rotatable bonds is 11. The Morgan fingerprint density at radius 2 is 1.88 bits per heavy atom. The molecule has 178 valence electrons. The fraction of sp³-hybridized carbons (Fsp3) is 0.280. The van der Waals surface area contributed by atoms with Gasteiger partial charge in [0, 0.05) is 43.5 Å². The Labute approximate surface area is 199 Å². The van der Waals surface area contributed by atoms with E-state index in [2.05, 4.69) is 10.3 Å². The molecule has 34 heavy (non-hydrogen) atoms. The maximum atomic E-state index is 13.3. The lowest BCUT2D eigenvalue weighted by Crippen LogP contribution is -2.24. The van der Waals surface area contributed by atoms with Gasteiger partial charge < -0.3 is 14.6 Å². The Kier molecular flexibility index (Phi) is 7.32. The van der Waals surface area contributed by atoms with Crippen molar-refractivity contribution < 1.29 is 17.9 Å². The van der Waals surface area contributed by atoms with Crippen LogP contribution in [-0.4, -0.2) is 41.5 Å². The number of carbonyl (C=O) groups is 1. The first-order valence-electron chi connectivity index (χ1n) is 11.2. The zero-order valence-corrected chi connectivity index (χ0v) is 19.9. The van der Waals surface area contributed by atoms with Crippen molar-refractivity contribution in [1.82, 2.24) is 18.8 Å². The highest BCUT2D eigenvalue weighted by atomic mass is 32.2. The lowest BCUT2D eigenvalue weighted by molar-refractivity contribution is -0.121. The number of imidazole rings is 1. The molecule has 1 amide bonds. The molecule has 0 saturated heterocycles. The number of ether oxygens (including phenoxy) is 1. The molecule has 0 radical (unpaired) electrons. The highest BCUT2D eigenvalue weighted by molar-refractivity contribution is 7.90. The van der Waals surface area contributed by atoms with Crippen LogP contribution in [0.1, 0.15) is 24.8 Å². The van der Waals surface area contributed by atoms with Crippen molar-refractivity contribution in [2.75, 3.05) is 13.7 Å². The smallest absolute Gasteiger partial charge is 0.268 e. The van der Waals surface area contributed by atoms with E-state index in [0.29, 0.717) is 37.1 Å². The van der Waals surface area contributed by atoms with E-state index in [1.165, 1.54) is 11.1 Å². The van der Waals surface area contributed by atoms with E-state index in [9.17, 15) is 13.2 Å². The van der Waals surface area contributed by atoms with Gasteiger partial charge in [-0.05, 0) is 55.2 Å². The predicted molar refractivity (Wildman–Crippen MR) is 130 cm³/mol. The zero-order chi connectivity index (χ0) is 24.0. The number of methoxy groups -OCH3 is 1. The number of nitrogens with one attached hydrogen (secondary N) is 1. The van der Waals surface area contributed by atoms with Crippen LogP contribution in [0.25, 0.3) is 10.9 Å². The molecular weight excluding hydrogens is 452 g/mol. The minimum atomic E-state index is -3.77. The first kappa shape index (κ1) is 23.6. The van der Waals surface area contributed by atoms with Crippen molar-refractivity contribution >= 4 is 26.8 Å². The molecule has 0 atom stereocenters. The second kappa shape index (κ2) is 10.6. The molecule has 0 aliphatic rings. The van der Waals surface area contributed by atoms with Crippen molar-refractivity contribution in [3.8, 4) is 5.75 Å². The quantitative estimate of drug-likeness (QED) is 0.331. The first-order chi connectivity index (χ1) is 16.5. The fourth-order valence-electron chi connectivity index (χ4n) is 3.91. The molecule has 4 aromatic rings. The van der Waals surface area contributed by atoms with Gasteiger partial charge in [0.05, 0.1) is 23.8 Å². The van der Waals surface area contributed by atoms with Crippen LogP contribution in [0.15, 0.2) is 78.3 Å². The molecule has 9 heteroatoms. The molecule has 0 bridgehead atoms. The van der Waals surface area contributed by atoms with Crippen LogP contribution in [0.2, 0.25) is 0 Å². The molecule has 1 N–H and O–H groups in total. The van der Waals surface area contributed by atoms with E-state index in [0.717, 1.165) is 23.9 Å². The van der Waals surface area contributed by atoms with Crippen LogP contribution in [0.4, 0.5) is 0 Å². The topological polar surface area (TPSA) is 95.2 Å². The Balaban J connectivity index is 1.40. The average Bonchev–Trinajstić information content (AvgIpc) is 3.50. The summed E-state index contributed by atoms with van der Waals surface area (Å²) in [5, 5.41) is 3.82. The number of aryl methyl sites for hydroxylation is 2. The number of para-hydroxylation sites is 1. The van der Waals surface area contributed by atoms with E-state index in [1.54, 1.807) is 49.1 Å². The first-order valence-corrected chi connectivity index (χ1v) is 12.6. The number of nitrogens with zero attached hydrogens (tertiary/aromatic N) is 3. The van der Waals surface area contributed by atoms with Gasteiger partial charge in [-0.25, -0.2) is 17.4 Å². The summed E-state index contributed by atoms with van der Waals surface area (Å²) in [5.41, 5.74) is 1.53. The van der Waals surface area contributed by atoms with Gasteiger partial charge in [0.2, 0.25) is 5.91 Å². The molecule has 2 aromatic heterocycles. The van der Waals surface area contributed by atoms with Crippen molar-refractivity contribution in [3.05, 3.63) is 79.0 Å². The molecule has 8 nitrogen and oxygen atoms in total. The predicted octanol–water partition coefficient (Wildman–Crippen LogP) is 3.61. The third-order valence-corrected chi connectivity index (χ3v) is 7.39. The summed E-state index contributed by atoms with van der Waals surface area (Å²) in [5.74, 6) is 0.595. The SMILES string of the molecule is COc1ccc(S(=O)(=O)n2cc(CCCC(=O)NCCCn3ccnc3)c3ccccc32)cc1. The molecule has 2 aromatic carbocycles. The molecule has 4 rings (SSSR count). The Morgan fingerprint density at radius 3 is 2.62 bits per heavy atom. The largest absolute Gasteiger partial charge is 0.497 e. The van der Waals surface area contributed by atoms with Crippen LogP contribution in [0, 0.1) is 0 Å². The highest BCUT2D eigenvalue weighted by Crippen LogP contribution is 2.27. The maximum Gasteiger partial charge on any atom is 0.268 e. The Morgan fingerprint density at radius 1 is 1.09 bits per heavy atom. The normalized spacial score (nSPS) is 11.6. The molecule has 2 heterocycles. The maximum absolute atomic E-state index is 13.3. The molecule has 0 aliphatic heterocycles. The molecule has 0 saturated carbocycles. The van der Waals surface area contributed by atoms with E-state index in [1.807, 2.05) is 29.0 Å². The van der Waals surface area contributed by atoms with Crippen LogP contribution in [0.3, 0.4) is 0 Å². The highest BCUT2D eigenvalue weighted by Gasteiger charge is 2.21. The van der Waals surface area contributed by atoms with Gasteiger partial charge in [-0.3, -0.25) is 4.79 Å². The summed E-state index contributed by atoms with van der Waals surface area (Å²) < 4.78 is 35.1. The Bertz CT molecular complexity index is 1340. The monoisotopic (exact) mass is 480 g/mol. The second-order valence-corrected chi connectivity index (χ2v) is 9.82. The minimum absolute atomic E-state index is 0.000207. The van der Waals surface area contributed by atoms with Crippen LogP contribution < -0.4 is 10.1 Å². The summed E-state index contributed by atoms with van der Waals surface area (Å²) >= 11 is 0. The van der Waals surface area contributed by atoms with Gasteiger partial charge in [0.1, 0.15) is 5.75 Å². The van der Waals surface area contributed by atoms with E-state index in [-0.39, 0.29) is 10.8 Å². The molecule has 0 unspecified atom stereocenters. The van der Waals surface area contributed by atoms with Crippen LogP contribution in [0.5, 0.6) is 5.75 Å². The number of carbonyl (C=O) groups excluding carboxylic acids is 1. The molecule has 0 spiro atoms. The summed E-state index contributed by atoms with van der Waals surface area (Å²) in [7, 11) is -2.23. The van der Waals surface area contributed by atoms with E-state index >= 15 is 0 Å². The van der Waals surface area contributed by atoms with Gasteiger partial charge in [-0.2, -0.15) is 0 Å². The van der Waals surface area contributed by atoms with Gasteiger partial charge in [0.15, 0.2) is 0 Å². The van der Waals surface area contributed by atoms with Crippen molar-refractivity contribution in [2.24, 2.45) is 0 Å². The standard InChI is InChI=1S/C25H28N4O4S/c1-33-21-10-12-22(13-11-21)34(31,32)29-18-20(23-7-2-3-8-24(23)29)6-4-9-25(30)27-14-5-16-28-17-15-26-19-28/h2-3,7-8,10-13,15,17-19H,4-6,9,14,16H2,1H3,(H,27,30). The third kappa shape index (κ3) is 5.31. The van der Waals surface area contributed by atoms with Gasteiger partial charge in [-0.1, -0.05) is 18.2 Å². The number of amides is 1. The van der Waals surface area contributed by atoms with Crippen LogP contribution >= 0.6 is 0 Å². The number of benzene rings is 2. The summed E-state index contributed by atoms with van der Waals surface area (Å²) in [4.78, 5) is 16.4.